The quantitative estimate of drug-likeness (QED) is 0.272. The van der Waals surface area contributed by atoms with E-state index in [2.05, 4.69) is 14.7 Å². The number of carbonyl (C=O) groups is 3. The van der Waals surface area contributed by atoms with Crippen molar-refractivity contribution in [2.45, 2.75) is 63.4 Å². The molecule has 1 fully saturated rings. The van der Waals surface area contributed by atoms with Crippen molar-refractivity contribution in [2.75, 3.05) is 43.2 Å². The average Bonchev–Trinajstić information content (AvgIpc) is 3.16. The number of anilines is 2. The summed E-state index contributed by atoms with van der Waals surface area (Å²) in [6.07, 6.45) is 1.81. The average molecular weight is 704 g/mol. The van der Waals surface area contributed by atoms with Crippen molar-refractivity contribution in [2.24, 2.45) is 4.36 Å². The number of alkyl halides is 2. The van der Waals surface area contributed by atoms with Crippen molar-refractivity contribution in [1.82, 2.24) is 9.88 Å². The van der Waals surface area contributed by atoms with E-state index in [0.29, 0.717) is 22.7 Å². The number of hydrogen-bond acceptors (Lipinski definition) is 7. The molecule has 1 aliphatic heterocycles. The summed E-state index contributed by atoms with van der Waals surface area (Å²) in [5.41, 5.74) is 1.73. The van der Waals surface area contributed by atoms with E-state index < -0.39 is 45.7 Å². The van der Waals surface area contributed by atoms with Crippen molar-refractivity contribution in [3.63, 3.8) is 0 Å². The topological polar surface area (TPSA) is 121 Å². The Morgan fingerprint density at radius 1 is 1.12 bits per heavy atom. The summed E-state index contributed by atoms with van der Waals surface area (Å²) in [6.45, 7) is 6.73. The normalized spacial score (nSPS) is 15.9. The zero-order valence-electron chi connectivity index (χ0n) is 27.8. The maximum absolute atomic E-state index is 14.3. The molecule has 10 nitrogen and oxygen atoms in total. The van der Waals surface area contributed by atoms with E-state index in [1.165, 1.54) is 25.4 Å². The second kappa shape index (κ2) is 14.6. The molecule has 1 aliphatic rings. The number of aromatic nitrogens is 1. The van der Waals surface area contributed by atoms with Crippen LogP contribution in [0.2, 0.25) is 5.02 Å². The van der Waals surface area contributed by atoms with Gasteiger partial charge < -0.3 is 19.9 Å². The van der Waals surface area contributed by atoms with Gasteiger partial charge in [0.05, 0.1) is 15.3 Å². The van der Waals surface area contributed by atoms with Crippen molar-refractivity contribution in [1.29, 1.82) is 0 Å². The van der Waals surface area contributed by atoms with Gasteiger partial charge in [0, 0.05) is 66.6 Å². The molecule has 0 aliphatic carbocycles. The zero-order valence-corrected chi connectivity index (χ0v) is 29.4. The Hall–Kier alpha value is -4.10. The zero-order chi connectivity index (χ0) is 35.4. The fourth-order valence-corrected chi connectivity index (χ4v) is 6.54. The largest absolute Gasteiger partial charge is 0.444 e. The van der Waals surface area contributed by atoms with E-state index in [1.807, 2.05) is 0 Å². The van der Waals surface area contributed by atoms with Crippen LogP contribution in [0.4, 0.5) is 25.1 Å². The number of amides is 3. The summed E-state index contributed by atoms with van der Waals surface area (Å²) in [5, 5.41) is 3.38. The number of rotatable bonds is 7. The van der Waals surface area contributed by atoms with Crippen molar-refractivity contribution in [3.8, 4) is 11.1 Å². The molecule has 0 saturated carbocycles. The van der Waals surface area contributed by atoms with E-state index in [9.17, 15) is 27.4 Å². The summed E-state index contributed by atoms with van der Waals surface area (Å²) in [5.74, 6) is -3.86. The molecule has 0 bridgehead atoms. The first-order valence-electron chi connectivity index (χ1n) is 15.3. The molecular formula is C34H40ClF2N5O5S. The molecule has 4 rings (SSSR count). The molecule has 0 radical (unpaired) electrons. The Bertz CT molecular complexity index is 1820. The highest BCUT2D eigenvalue weighted by atomic mass is 35.5. The maximum Gasteiger partial charge on any atom is 0.410 e. The van der Waals surface area contributed by atoms with Gasteiger partial charge in [-0.05, 0) is 75.6 Å². The molecule has 0 unspecified atom stereocenters. The molecule has 1 N–H and O–H groups in total. The lowest BCUT2D eigenvalue weighted by atomic mass is 9.97. The number of nitrogens with one attached hydrogen (secondary N) is 1. The Morgan fingerprint density at radius 2 is 1.81 bits per heavy atom. The summed E-state index contributed by atoms with van der Waals surface area (Å²) in [7, 11) is -1.92. The molecular weight excluding hydrogens is 664 g/mol. The van der Waals surface area contributed by atoms with E-state index in [1.54, 1.807) is 75.2 Å². The maximum atomic E-state index is 14.3. The van der Waals surface area contributed by atoms with Crippen LogP contribution < -0.4 is 10.2 Å². The number of carbonyl (C=O) groups excluding carboxylic acids is 3. The van der Waals surface area contributed by atoms with Gasteiger partial charge in [0.1, 0.15) is 18.0 Å². The second-order valence-electron chi connectivity index (χ2n) is 12.8. The number of hydrogen-bond donors (Lipinski definition) is 1. The fraction of sp³-hybridized carbons (Fsp3) is 0.412. The predicted octanol–water partition coefficient (Wildman–Crippen LogP) is 7.44. The van der Waals surface area contributed by atoms with Crippen LogP contribution in [0.5, 0.6) is 0 Å². The van der Waals surface area contributed by atoms with Crippen molar-refractivity contribution in [3.05, 3.63) is 70.9 Å². The highest BCUT2D eigenvalue weighted by Gasteiger charge is 2.34. The first kappa shape index (κ1) is 36.7. The Balaban J connectivity index is 1.64. The van der Waals surface area contributed by atoms with Gasteiger partial charge in [0.2, 0.25) is 5.92 Å². The van der Waals surface area contributed by atoms with Crippen LogP contribution in [0.1, 0.15) is 56.0 Å². The van der Waals surface area contributed by atoms with Gasteiger partial charge in [-0.25, -0.2) is 22.8 Å². The Kier molecular flexibility index (Phi) is 11.1. The van der Waals surface area contributed by atoms with Gasteiger partial charge in [-0.3, -0.25) is 9.59 Å². The van der Waals surface area contributed by atoms with Gasteiger partial charge in [-0.1, -0.05) is 29.8 Å². The predicted molar refractivity (Wildman–Crippen MR) is 183 cm³/mol. The number of pyridine rings is 1. The summed E-state index contributed by atoms with van der Waals surface area (Å²) >= 11 is 6.09. The van der Waals surface area contributed by atoms with Crippen LogP contribution in [0.15, 0.2) is 64.0 Å². The molecule has 14 heteroatoms. The molecule has 258 valence electrons. The van der Waals surface area contributed by atoms with Gasteiger partial charge in [0.15, 0.2) is 0 Å². The first-order chi connectivity index (χ1) is 22.3. The van der Waals surface area contributed by atoms with E-state index in [0.717, 1.165) is 10.5 Å². The van der Waals surface area contributed by atoms with Crippen LogP contribution in [-0.2, 0) is 19.3 Å². The number of halogens is 3. The molecule has 2 aromatic carbocycles. The molecule has 3 aromatic rings. The molecule has 3 amide bonds. The van der Waals surface area contributed by atoms with Crippen LogP contribution in [0, 0.1) is 6.92 Å². The number of ether oxygens (including phenoxy) is 1. The third kappa shape index (κ3) is 9.50. The smallest absolute Gasteiger partial charge is 0.410 e. The van der Waals surface area contributed by atoms with Crippen molar-refractivity contribution >= 4 is 50.7 Å². The lowest BCUT2D eigenvalue weighted by Gasteiger charge is -2.26. The minimum absolute atomic E-state index is 0.0199. The minimum Gasteiger partial charge on any atom is -0.444 e. The SMILES string of the molecule is Cc1c(-c2ccc(Cl)cc2)cnc(N2CCCC(F)(F)CC2)c1C(=O)Nc1cccc([S@@](C)(=O)=NC(=O)CN(C)C(=O)OC(C)(C)C)c1. The van der Waals surface area contributed by atoms with E-state index in [4.69, 9.17) is 16.3 Å². The lowest BCUT2D eigenvalue weighted by Crippen LogP contribution is -2.37. The van der Waals surface area contributed by atoms with Gasteiger partial charge in [-0.2, -0.15) is 4.36 Å². The highest BCUT2D eigenvalue weighted by molar-refractivity contribution is 7.93. The summed E-state index contributed by atoms with van der Waals surface area (Å²) in [4.78, 5) is 46.5. The monoisotopic (exact) mass is 703 g/mol. The molecule has 0 spiro atoms. The summed E-state index contributed by atoms with van der Waals surface area (Å²) < 4.78 is 51.2. The highest BCUT2D eigenvalue weighted by Crippen LogP contribution is 2.35. The standard InChI is InChI=1S/C34H40ClF2N5O5S/c1-22-27(23-11-13-24(35)14-12-23)20-38-30(42-17-8-15-34(36,37)16-18-42)29(22)31(44)39-25-9-7-10-26(19-25)48(6,46)40-28(43)21-41(5)32(45)47-33(2,3)4/h7,9-14,19-20H,8,15-18,21H2,1-6H3,(H,39,44)/t48-/m1/s1. The van der Waals surface area contributed by atoms with Crippen LogP contribution in [-0.4, -0.2) is 76.5 Å². The van der Waals surface area contributed by atoms with Crippen LogP contribution in [0.25, 0.3) is 11.1 Å². The Morgan fingerprint density at radius 3 is 2.48 bits per heavy atom. The van der Waals surface area contributed by atoms with Gasteiger partial charge in [-0.15, -0.1) is 0 Å². The van der Waals surface area contributed by atoms with Crippen molar-refractivity contribution < 1.29 is 32.1 Å². The number of nitrogens with zero attached hydrogens (tertiary/aromatic N) is 4. The van der Waals surface area contributed by atoms with Crippen LogP contribution >= 0.6 is 11.6 Å². The van der Waals surface area contributed by atoms with E-state index in [-0.39, 0.29) is 47.8 Å². The lowest BCUT2D eigenvalue weighted by molar-refractivity contribution is -0.118. The first-order valence-corrected chi connectivity index (χ1v) is 17.6. The van der Waals surface area contributed by atoms with E-state index >= 15 is 0 Å². The minimum atomic E-state index is -3.29. The summed E-state index contributed by atoms with van der Waals surface area (Å²) in [6, 6.07) is 13.2. The van der Waals surface area contributed by atoms with Crippen LogP contribution in [0.3, 0.4) is 0 Å². The number of likely N-dealkylation sites (N-methyl/N-ethyl adjacent to an activating group) is 1. The number of benzene rings is 2. The van der Waals surface area contributed by atoms with Gasteiger partial charge in [0.25, 0.3) is 11.8 Å². The Labute approximate surface area is 285 Å². The second-order valence-corrected chi connectivity index (χ2v) is 15.5. The van der Waals surface area contributed by atoms with Gasteiger partial charge >= 0.3 is 6.09 Å². The fourth-order valence-electron chi connectivity index (χ4n) is 5.18. The third-order valence-corrected chi connectivity index (χ3v) is 9.53. The molecule has 1 aromatic heterocycles. The molecule has 48 heavy (non-hydrogen) atoms. The molecule has 2 heterocycles. The molecule has 1 saturated heterocycles. The molecule has 1 atom stereocenters. The third-order valence-electron chi connectivity index (χ3n) is 7.60.